The van der Waals surface area contributed by atoms with Crippen LogP contribution in [0.25, 0.3) is 11.1 Å². The molecule has 4 rings (SSSR count). The molecule has 0 unspecified atom stereocenters. The zero-order chi connectivity index (χ0) is 14.2. The van der Waals surface area contributed by atoms with Crippen LogP contribution in [0.4, 0.5) is 0 Å². The van der Waals surface area contributed by atoms with Crippen molar-refractivity contribution in [3.05, 3.63) is 46.7 Å². The van der Waals surface area contributed by atoms with Gasteiger partial charge >= 0.3 is 0 Å². The van der Waals surface area contributed by atoms with E-state index in [4.69, 9.17) is 0 Å². The molecule has 108 valence electrons. The van der Waals surface area contributed by atoms with Gasteiger partial charge in [-0.05, 0) is 41.8 Å². The van der Waals surface area contributed by atoms with E-state index in [1.165, 1.54) is 24.2 Å². The number of nitrogens with one attached hydrogen (secondary N) is 2. The van der Waals surface area contributed by atoms with Crippen LogP contribution in [0.5, 0.6) is 0 Å². The Balaban J connectivity index is 1.47. The molecule has 3 atom stereocenters. The molecule has 2 saturated heterocycles. The molecule has 2 fully saturated rings. The number of hydrogen-bond donors (Lipinski definition) is 2. The van der Waals surface area contributed by atoms with Gasteiger partial charge in [0.25, 0.3) is 5.91 Å². The third kappa shape index (κ3) is 2.49. The maximum absolute atomic E-state index is 12.4. The molecule has 3 nitrogen and oxygen atoms in total. The molecule has 1 aromatic carbocycles. The Labute approximate surface area is 128 Å². The van der Waals surface area contributed by atoms with E-state index in [1.807, 2.05) is 24.3 Å². The molecule has 3 heterocycles. The van der Waals surface area contributed by atoms with Crippen molar-refractivity contribution in [2.75, 3.05) is 0 Å². The highest BCUT2D eigenvalue weighted by molar-refractivity contribution is 7.12. The lowest BCUT2D eigenvalue weighted by Gasteiger charge is -2.20. The average molecular weight is 298 g/mol. The zero-order valence-corrected chi connectivity index (χ0v) is 12.5. The number of benzene rings is 1. The van der Waals surface area contributed by atoms with E-state index in [1.54, 1.807) is 0 Å². The van der Waals surface area contributed by atoms with Crippen molar-refractivity contribution in [3.63, 3.8) is 0 Å². The summed E-state index contributed by atoms with van der Waals surface area (Å²) in [7, 11) is 0. The molecule has 2 aliphatic rings. The first-order chi connectivity index (χ1) is 10.3. The average Bonchev–Trinajstić information content (AvgIpc) is 3.24. The third-order valence-corrected chi connectivity index (χ3v) is 5.48. The molecular formula is C17H18N2OS. The van der Waals surface area contributed by atoms with Gasteiger partial charge in [0.05, 0.1) is 4.88 Å². The Morgan fingerprint density at radius 1 is 1.19 bits per heavy atom. The summed E-state index contributed by atoms with van der Waals surface area (Å²) in [5.41, 5.74) is 2.28. The molecule has 2 bridgehead atoms. The molecule has 2 aliphatic heterocycles. The predicted molar refractivity (Wildman–Crippen MR) is 85.6 cm³/mol. The van der Waals surface area contributed by atoms with Crippen LogP contribution in [0.15, 0.2) is 41.8 Å². The highest BCUT2D eigenvalue weighted by Crippen LogP contribution is 2.29. The van der Waals surface area contributed by atoms with Crippen LogP contribution < -0.4 is 10.6 Å². The summed E-state index contributed by atoms with van der Waals surface area (Å²) >= 11 is 1.52. The monoisotopic (exact) mass is 298 g/mol. The molecule has 0 radical (unpaired) electrons. The van der Waals surface area contributed by atoms with Gasteiger partial charge in [0.15, 0.2) is 0 Å². The van der Waals surface area contributed by atoms with Crippen LogP contribution in [-0.4, -0.2) is 24.0 Å². The normalized spacial score (nSPS) is 27.0. The minimum Gasteiger partial charge on any atom is -0.347 e. The fraction of sp³-hybridized carbons (Fsp3) is 0.353. The van der Waals surface area contributed by atoms with Crippen molar-refractivity contribution < 1.29 is 4.79 Å². The Morgan fingerprint density at radius 2 is 2.05 bits per heavy atom. The summed E-state index contributed by atoms with van der Waals surface area (Å²) in [6.07, 6.45) is 3.52. The minimum atomic E-state index is 0.0709. The lowest BCUT2D eigenvalue weighted by Crippen LogP contribution is -2.42. The Kier molecular flexibility index (Phi) is 3.28. The highest BCUT2D eigenvalue weighted by Gasteiger charge is 2.39. The van der Waals surface area contributed by atoms with Crippen molar-refractivity contribution in [2.45, 2.75) is 37.4 Å². The van der Waals surface area contributed by atoms with E-state index in [9.17, 15) is 4.79 Å². The van der Waals surface area contributed by atoms with Gasteiger partial charge in [-0.15, -0.1) is 11.3 Å². The van der Waals surface area contributed by atoms with Gasteiger partial charge in [-0.3, -0.25) is 4.79 Å². The van der Waals surface area contributed by atoms with Crippen molar-refractivity contribution in [1.29, 1.82) is 0 Å². The summed E-state index contributed by atoms with van der Waals surface area (Å²) in [5.74, 6) is 0.0709. The van der Waals surface area contributed by atoms with E-state index >= 15 is 0 Å². The van der Waals surface area contributed by atoms with E-state index in [0.29, 0.717) is 18.1 Å². The van der Waals surface area contributed by atoms with Gasteiger partial charge < -0.3 is 10.6 Å². The number of amides is 1. The van der Waals surface area contributed by atoms with Gasteiger partial charge in [0.2, 0.25) is 0 Å². The largest absolute Gasteiger partial charge is 0.347 e. The first-order valence-corrected chi connectivity index (χ1v) is 8.38. The summed E-state index contributed by atoms with van der Waals surface area (Å²) in [4.78, 5) is 13.2. The van der Waals surface area contributed by atoms with E-state index in [0.717, 1.165) is 22.4 Å². The van der Waals surface area contributed by atoms with Crippen molar-refractivity contribution in [3.8, 4) is 11.1 Å². The first-order valence-electron chi connectivity index (χ1n) is 7.50. The lowest BCUT2D eigenvalue weighted by atomic mass is 9.95. The van der Waals surface area contributed by atoms with E-state index in [2.05, 4.69) is 28.1 Å². The van der Waals surface area contributed by atoms with Gasteiger partial charge in [0, 0.05) is 18.1 Å². The molecule has 1 aromatic heterocycles. The SMILES string of the molecule is O=C(N[C@@H]1C[C@H]2CC[C@@H]1N2)c1cc(-c2ccccc2)cs1. The Bertz CT molecular complexity index is 652. The number of fused-ring (bicyclic) bond motifs is 2. The topological polar surface area (TPSA) is 41.1 Å². The molecule has 0 spiro atoms. The summed E-state index contributed by atoms with van der Waals surface area (Å²) in [5, 5.41) is 8.81. The molecule has 0 aliphatic carbocycles. The van der Waals surface area contributed by atoms with Gasteiger partial charge in [0.1, 0.15) is 0 Å². The fourth-order valence-electron chi connectivity index (χ4n) is 3.46. The first kappa shape index (κ1) is 13.0. The molecular weight excluding hydrogens is 280 g/mol. The van der Waals surface area contributed by atoms with Crippen molar-refractivity contribution >= 4 is 17.2 Å². The molecule has 4 heteroatoms. The maximum atomic E-state index is 12.4. The zero-order valence-electron chi connectivity index (χ0n) is 11.7. The second-order valence-electron chi connectivity index (χ2n) is 5.93. The molecule has 0 saturated carbocycles. The fourth-order valence-corrected chi connectivity index (χ4v) is 4.28. The van der Waals surface area contributed by atoms with Crippen molar-refractivity contribution in [2.24, 2.45) is 0 Å². The highest BCUT2D eigenvalue weighted by atomic mass is 32.1. The predicted octanol–water partition coefficient (Wildman–Crippen LogP) is 3.04. The van der Waals surface area contributed by atoms with E-state index in [-0.39, 0.29) is 5.91 Å². The van der Waals surface area contributed by atoms with Crippen LogP contribution >= 0.6 is 11.3 Å². The minimum absolute atomic E-state index is 0.0709. The number of thiophene rings is 1. The summed E-state index contributed by atoms with van der Waals surface area (Å²) in [6, 6.07) is 13.6. The number of carbonyl (C=O) groups is 1. The Hall–Kier alpha value is -1.65. The lowest BCUT2D eigenvalue weighted by molar-refractivity contribution is 0.0935. The smallest absolute Gasteiger partial charge is 0.261 e. The molecule has 2 N–H and O–H groups in total. The van der Waals surface area contributed by atoms with Crippen LogP contribution in [0.1, 0.15) is 28.9 Å². The summed E-state index contributed by atoms with van der Waals surface area (Å²) < 4.78 is 0. The molecule has 2 aromatic rings. The summed E-state index contributed by atoms with van der Waals surface area (Å²) in [6.45, 7) is 0. The van der Waals surface area contributed by atoms with Crippen LogP contribution in [0.3, 0.4) is 0 Å². The third-order valence-electron chi connectivity index (χ3n) is 4.55. The second-order valence-corrected chi connectivity index (χ2v) is 6.84. The van der Waals surface area contributed by atoms with Crippen molar-refractivity contribution in [1.82, 2.24) is 10.6 Å². The van der Waals surface area contributed by atoms with Gasteiger partial charge in [-0.2, -0.15) is 0 Å². The quantitative estimate of drug-likeness (QED) is 0.914. The Morgan fingerprint density at radius 3 is 2.76 bits per heavy atom. The van der Waals surface area contributed by atoms with Crippen LogP contribution in [0, 0.1) is 0 Å². The molecule has 1 amide bonds. The van der Waals surface area contributed by atoms with Crippen LogP contribution in [-0.2, 0) is 0 Å². The number of rotatable bonds is 3. The van der Waals surface area contributed by atoms with Crippen LogP contribution in [0.2, 0.25) is 0 Å². The maximum Gasteiger partial charge on any atom is 0.261 e. The van der Waals surface area contributed by atoms with Gasteiger partial charge in [-0.1, -0.05) is 30.3 Å². The number of carbonyl (C=O) groups excluding carboxylic acids is 1. The number of hydrogen-bond acceptors (Lipinski definition) is 3. The van der Waals surface area contributed by atoms with E-state index < -0.39 is 0 Å². The second kappa shape index (κ2) is 5.28. The standard InChI is InChI=1S/C17H18N2OS/c20-17(19-15-9-13-6-7-14(15)18-13)16-8-12(10-21-16)11-4-2-1-3-5-11/h1-5,8,10,13-15,18H,6-7,9H2,(H,19,20)/t13-,14+,15-/m1/s1. The molecule has 21 heavy (non-hydrogen) atoms. The van der Waals surface area contributed by atoms with Gasteiger partial charge in [-0.25, -0.2) is 0 Å².